The maximum atomic E-state index is 12.9. The van der Waals surface area contributed by atoms with Crippen LogP contribution in [0.25, 0.3) is 11.3 Å². The number of alkyl halides is 2. The van der Waals surface area contributed by atoms with Gasteiger partial charge in [0.05, 0.1) is 0 Å². The van der Waals surface area contributed by atoms with Crippen molar-refractivity contribution in [2.24, 2.45) is 7.05 Å². The van der Waals surface area contributed by atoms with Crippen LogP contribution in [-0.2, 0) is 25.0 Å². The lowest BCUT2D eigenvalue weighted by molar-refractivity contribution is -0.896. The lowest BCUT2D eigenvalue weighted by atomic mass is 10.1. The molecule has 0 aliphatic rings. The zero-order chi connectivity index (χ0) is 19.9. The molecule has 142 valence electrons. The molecule has 0 saturated carbocycles. The Morgan fingerprint density at radius 3 is 2.46 bits per heavy atom. The van der Waals surface area contributed by atoms with E-state index in [4.69, 9.17) is 13.2 Å². The summed E-state index contributed by atoms with van der Waals surface area (Å²) in [6, 6.07) is 6.39. The van der Waals surface area contributed by atoms with Crippen LogP contribution in [-0.4, -0.2) is 30.7 Å². The van der Waals surface area contributed by atoms with Crippen molar-refractivity contribution in [3.05, 3.63) is 46.4 Å². The molecule has 0 radical (unpaired) electrons. The lowest BCUT2D eigenvalue weighted by Gasteiger charge is -2.14. The van der Waals surface area contributed by atoms with Crippen molar-refractivity contribution >= 4 is 11.6 Å². The summed E-state index contributed by atoms with van der Waals surface area (Å²) >= 11 is -0.750. The molecule has 0 atom stereocenters. The van der Waals surface area contributed by atoms with E-state index in [1.807, 2.05) is 13.0 Å². The van der Waals surface area contributed by atoms with Crippen LogP contribution in [0.4, 0.5) is 8.78 Å². The minimum Gasteiger partial charge on any atom is -0.472 e. The molecule has 0 aliphatic carbocycles. The van der Waals surface area contributed by atoms with Crippen LogP contribution < -0.4 is 15.0 Å². The second kappa shape index (κ2) is 9.18. The summed E-state index contributed by atoms with van der Waals surface area (Å²) < 4.78 is 49.4. The van der Waals surface area contributed by atoms with Crippen molar-refractivity contribution in [2.45, 2.75) is 26.2 Å². The first kappa shape index (κ1) is 21.4. The maximum absolute atomic E-state index is 12.9. The van der Waals surface area contributed by atoms with Gasteiger partial charge in [0.25, 0.3) is 17.2 Å². The van der Waals surface area contributed by atoms with Gasteiger partial charge >= 0.3 is 11.6 Å². The van der Waals surface area contributed by atoms with E-state index < -0.39 is 29.7 Å². The van der Waals surface area contributed by atoms with E-state index in [1.165, 1.54) is 25.4 Å². The smallest absolute Gasteiger partial charge is 0.335 e. The molecular weight excluding hydrogens is 370 g/mol. The predicted molar refractivity (Wildman–Crippen MR) is 88.9 cm³/mol. The quantitative estimate of drug-likeness (QED) is 0.618. The molecule has 26 heavy (non-hydrogen) atoms. The molecule has 0 aliphatic heterocycles. The largest absolute Gasteiger partial charge is 0.472 e. The Balaban J connectivity index is 0.00000105. The number of halogens is 2. The Kier molecular flexibility index (Phi) is 7.56. The number of aryl methyl sites for hydroxylation is 1. The topological polar surface area (TPSA) is 89.5 Å². The second-order valence-corrected chi connectivity index (χ2v) is 5.59. The van der Waals surface area contributed by atoms with Crippen LogP contribution >= 0.6 is 0 Å². The third-order valence-corrected chi connectivity index (χ3v) is 3.43. The lowest BCUT2D eigenvalue weighted by Crippen LogP contribution is -2.36. The summed E-state index contributed by atoms with van der Waals surface area (Å²) in [6.45, 7) is 1.83. The second-order valence-electron chi connectivity index (χ2n) is 5.46. The number of nitrogens with zero attached hydrogens (tertiary/aromatic N) is 2. The number of rotatable bonds is 5. The summed E-state index contributed by atoms with van der Waals surface area (Å²) in [4.78, 5) is 12.5. The molecule has 2 aromatic rings. The minimum atomic E-state index is -2.99. The van der Waals surface area contributed by atoms with Crippen molar-refractivity contribution in [2.75, 3.05) is 6.61 Å². The Bertz CT molecular complexity index is 859. The SMILES string of the molecule is CCc1ccc[n+](O)c1-c1ccc(OCC(C)(F)F)n(C)c1=O.O=S=O. The number of ether oxygens (including phenoxy) is 1. The van der Waals surface area contributed by atoms with Gasteiger partial charge in [-0.15, -0.1) is 0 Å². The van der Waals surface area contributed by atoms with Gasteiger partial charge in [0.15, 0.2) is 12.5 Å². The molecule has 0 amide bonds. The van der Waals surface area contributed by atoms with Gasteiger partial charge in [-0.3, -0.25) is 14.6 Å². The molecule has 1 N–H and O–H groups in total. The van der Waals surface area contributed by atoms with Gasteiger partial charge in [0.1, 0.15) is 5.56 Å². The third-order valence-electron chi connectivity index (χ3n) is 3.43. The van der Waals surface area contributed by atoms with E-state index in [-0.39, 0.29) is 11.4 Å². The van der Waals surface area contributed by atoms with E-state index in [9.17, 15) is 18.8 Å². The third kappa shape index (κ3) is 5.45. The Hall–Kier alpha value is -2.62. The zero-order valence-electron chi connectivity index (χ0n) is 14.4. The fourth-order valence-electron chi connectivity index (χ4n) is 2.27. The molecule has 0 aromatic carbocycles. The van der Waals surface area contributed by atoms with Gasteiger partial charge < -0.3 is 4.74 Å². The average Bonchev–Trinajstić information content (AvgIpc) is 2.56. The van der Waals surface area contributed by atoms with Crippen molar-refractivity contribution in [1.82, 2.24) is 4.57 Å². The first-order chi connectivity index (χ1) is 12.2. The fourth-order valence-corrected chi connectivity index (χ4v) is 2.27. The van der Waals surface area contributed by atoms with Gasteiger partial charge in [-0.05, 0) is 24.6 Å². The molecular formula is C16H19F2N2O5S+. The molecule has 7 nitrogen and oxygen atoms in total. The number of pyridine rings is 2. The summed E-state index contributed by atoms with van der Waals surface area (Å²) in [6.07, 6.45) is 2.05. The molecule has 10 heteroatoms. The minimum absolute atomic E-state index is 0.0405. The first-order valence-corrected chi connectivity index (χ1v) is 8.18. The molecule has 0 saturated heterocycles. The van der Waals surface area contributed by atoms with Crippen LogP contribution in [0.3, 0.4) is 0 Å². The van der Waals surface area contributed by atoms with Gasteiger partial charge in [-0.2, -0.15) is 8.42 Å². The highest BCUT2D eigenvalue weighted by atomic mass is 32.1. The molecule has 2 heterocycles. The Morgan fingerprint density at radius 2 is 1.92 bits per heavy atom. The van der Waals surface area contributed by atoms with E-state index in [1.54, 1.807) is 6.07 Å². The normalized spacial score (nSPS) is 10.7. The first-order valence-electron chi connectivity index (χ1n) is 7.51. The Labute approximate surface area is 152 Å². The highest BCUT2D eigenvalue weighted by molar-refractivity contribution is 7.51. The van der Waals surface area contributed by atoms with E-state index >= 15 is 0 Å². The fraction of sp³-hybridized carbons (Fsp3) is 0.375. The highest BCUT2D eigenvalue weighted by Gasteiger charge is 2.25. The number of aromatic nitrogens is 2. The van der Waals surface area contributed by atoms with E-state index in [2.05, 4.69) is 0 Å². The predicted octanol–water partition coefficient (Wildman–Crippen LogP) is 1.50. The number of hydrogen-bond donors (Lipinski definition) is 1. The van der Waals surface area contributed by atoms with Gasteiger partial charge in [0.2, 0.25) is 6.20 Å². The van der Waals surface area contributed by atoms with E-state index in [0.29, 0.717) is 12.1 Å². The highest BCUT2D eigenvalue weighted by Crippen LogP contribution is 2.20. The van der Waals surface area contributed by atoms with Gasteiger partial charge in [-0.25, -0.2) is 8.78 Å². The van der Waals surface area contributed by atoms with E-state index in [0.717, 1.165) is 21.8 Å². The zero-order valence-corrected chi connectivity index (χ0v) is 15.3. The van der Waals surface area contributed by atoms with Crippen LogP contribution in [0.1, 0.15) is 19.4 Å². The average molecular weight is 389 g/mol. The molecule has 0 unspecified atom stereocenters. The maximum Gasteiger partial charge on any atom is 0.335 e. The monoisotopic (exact) mass is 389 g/mol. The van der Waals surface area contributed by atoms with Crippen LogP contribution in [0.15, 0.2) is 35.3 Å². The van der Waals surface area contributed by atoms with Crippen molar-refractivity contribution in [3.63, 3.8) is 0 Å². The van der Waals surface area contributed by atoms with Crippen molar-refractivity contribution in [3.8, 4) is 17.1 Å². The summed E-state index contributed by atoms with van der Waals surface area (Å²) in [5.74, 6) is -2.95. The molecule has 2 aromatic heterocycles. The summed E-state index contributed by atoms with van der Waals surface area (Å²) in [5, 5.41) is 10.0. The molecule has 0 bridgehead atoms. The van der Waals surface area contributed by atoms with Crippen molar-refractivity contribution in [1.29, 1.82) is 0 Å². The Morgan fingerprint density at radius 1 is 1.31 bits per heavy atom. The molecule has 2 rings (SSSR count). The summed E-state index contributed by atoms with van der Waals surface area (Å²) in [7, 11) is 1.44. The van der Waals surface area contributed by atoms with Gasteiger partial charge in [0, 0.05) is 30.3 Å². The standard InChI is InChI=1S/C16H19F2N2O3.O2S/c1-4-11-6-5-9-20(22)14(11)12-7-8-13(19(3)15(12)21)23-10-16(2,17)18;1-3-2/h5-9,22H,4,10H2,1-3H3;/q+1;. The molecule has 0 fully saturated rings. The molecule has 0 spiro atoms. The van der Waals surface area contributed by atoms with Crippen LogP contribution in [0.2, 0.25) is 0 Å². The van der Waals surface area contributed by atoms with Gasteiger partial charge in [-0.1, -0.05) is 6.92 Å². The number of hydrogen-bond acceptors (Lipinski definition) is 5. The van der Waals surface area contributed by atoms with Crippen molar-refractivity contribution < 1.29 is 31.9 Å². The summed E-state index contributed by atoms with van der Waals surface area (Å²) in [5.41, 5.74) is 0.998. The van der Waals surface area contributed by atoms with Crippen LogP contribution in [0.5, 0.6) is 5.88 Å². The van der Waals surface area contributed by atoms with Crippen LogP contribution in [0, 0.1) is 0 Å².